The van der Waals surface area contributed by atoms with Crippen LogP contribution in [0.15, 0.2) is 65.6 Å². The third-order valence-electron chi connectivity index (χ3n) is 5.58. The molecule has 0 aliphatic carbocycles. The number of benzene rings is 3. The van der Waals surface area contributed by atoms with Crippen LogP contribution in [0.5, 0.6) is 17.2 Å². The Balaban J connectivity index is 1.66. The standard InChI is InChI=1S/C29H34N2O5S/c1-29(2,3)28(33)31-22-12-7-8-13-25(22)37-18-19-10-9-11-21(14-19)27(32)30-17-20-15-23(34-4)26(36-6)24(16-20)35-5/h7-16H,17-18H2,1-6H3,(H,30,32)(H,31,33). The van der Waals surface area contributed by atoms with Gasteiger partial charge in [-0.2, -0.15) is 0 Å². The Labute approximate surface area is 222 Å². The minimum atomic E-state index is -0.485. The fraction of sp³-hybridized carbons (Fsp3) is 0.310. The van der Waals surface area contributed by atoms with Gasteiger partial charge in [0.2, 0.25) is 11.7 Å². The number of rotatable bonds is 10. The molecule has 0 fully saturated rings. The third-order valence-corrected chi connectivity index (χ3v) is 6.72. The first-order valence-corrected chi connectivity index (χ1v) is 12.8. The maximum absolute atomic E-state index is 12.9. The Morgan fingerprint density at radius 1 is 0.838 bits per heavy atom. The number of anilines is 1. The van der Waals surface area contributed by atoms with E-state index < -0.39 is 5.41 Å². The lowest BCUT2D eigenvalue weighted by molar-refractivity contribution is -0.123. The van der Waals surface area contributed by atoms with E-state index in [1.165, 1.54) is 0 Å². The first kappa shape index (κ1) is 27.9. The number of hydrogen-bond donors (Lipinski definition) is 2. The highest BCUT2D eigenvalue weighted by atomic mass is 32.2. The molecule has 0 heterocycles. The Morgan fingerprint density at radius 2 is 1.51 bits per heavy atom. The van der Waals surface area contributed by atoms with Gasteiger partial charge in [-0.05, 0) is 47.5 Å². The Morgan fingerprint density at radius 3 is 2.14 bits per heavy atom. The maximum Gasteiger partial charge on any atom is 0.251 e. The number of hydrogen-bond acceptors (Lipinski definition) is 6. The van der Waals surface area contributed by atoms with E-state index in [-0.39, 0.29) is 11.8 Å². The van der Waals surface area contributed by atoms with Gasteiger partial charge < -0.3 is 24.8 Å². The SMILES string of the molecule is COc1cc(CNC(=O)c2cccc(CSc3ccccc3NC(=O)C(C)(C)C)c2)cc(OC)c1OC. The molecule has 3 aromatic rings. The number of nitrogens with one attached hydrogen (secondary N) is 2. The summed E-state index contributed by atoms with van der Waals surface area (Å²) in [5.74, 6) is 2.00. The molecule has 0 aliphatic rings. The second kappa shape index (κ2) is 12.5. The number of amides is 2. The van der Waals surface area contributed by atoms with Crippen molar-refractivity contribution < 1.29 is 23.8 Å². The molecule has 0 atom stereocenters. The summed E-state index contributed by atoms with van der Waals surface area (Å²) in [5.41, 5.74) is 2.69. The van der Waals surface area contributed by atoms with Crippen molar-refractivity contribution in [3.8, 4) is 17.2 Å². The first-order valence-electron chi connectivity index (χ1n) is 11.9. The van der Waals surface area contributed by atoms with Crippen LogP contribution in [-0.2, 0) is 17.1 Å². The zero-order chi connectivity index (χ0) is 27.0. The highest BCUT2D eigenvalue weighted by molar-refractivity contribution is 7.98. The van der Waals surface area contributed by atoms with Gasteiger partial charge >= 0.3 is 0 Å². The highest BCUT2D eigenvalue weighted by Gasteiger charge is 2.22. The molecule has 8 heteroatoms. The molecule has 0 radical (unpaired) electrons. The van der Waals surface area contributed by atoms with Crippen LogP contribution in [-0.4, -0.2) is 33.1 Å². The molecule has 3 aromatic carbocycles. The van der Waals surface area contributed by atoms with Gasteiger partial charge in [0.25, 0.3) is 5.91 Å². The van der Waals surface area contributed by atoms with Crippen molar-refractivity contribution in [1.82, 2.24) is 5.32 Å². The maximum atomic E-state index is 12.9. The Bertz CT molecular complexity index is 1230. The molecule has 0 aliphatic heterocycles. The van der Waals surface area contributed by atoms with Crippen molar-refractivity contribution in [3.63, 3.8) is 0 Å². The van der Waals surface area contributed by atoms with Crippen LogP contribution < -0.4 is 24.8 Å². The summed E-state index contributed by atoms with van der Waals surface area (Å²) < 4.78 is 16.1. The van der Waals surface area contributed by atoms with Crippen molar-refractivity contribution in [2.75, 3.05) is 26.6 Å². The molecule has 2 N–H and O–H groups in total. The second-order valence-corrected chi connectivity index (χ2v) is 10.4. The molecule has 0 unspecified atom stereocenters. The zero-order valence-electron chi connectivity index (χ0n) is 22.1. The topological polar surface area (TPSA) is 85.9 Å². The highest BCUT2D eigenvalue weighted by Crippen LogP contribution is 2.38. The average molecular weight is 523 g/mol. The number of para-hydroxylation sites is 1. The van der Waals surface area contributed by atoms with Gasteiger partial charge in [-0.25, -0.2) is 0 Å². The van der Waals surface area contributed by atoms with Crippen LogP contribution in [0.3, 0.4) is 0 Å². The number of methoxy groups -OCH3 is 3. The van der Waals surface area contributed by atoms with Gasteiger partial charge in [0.05, 0.1) is 27.0 Å². The van der Waals surface area contributed by atoms with Crippen LogP contribution in [0, 0.1) is 5.41 Å². The van der Waals surface area contributed by atoms with Gasteiger partial charge in [0, 0.05) is 28.2 Å². The van der Waals surface area contributed by atoms with Gasteiger partial charge in [0.15, 0.2) is 11.5 Å². The molecule has 2 amide bonds. The average Bonchev–Trinajstić information content (AvgIpc) is 2.90. The lowest BCUT2D eigenvalue weighted by Crippen LogP contribution is -2.27. The molecule has 0 bridgehead atoms. The van der Waals surface area contributed by atoms with E-state index >= 15 is 0 Å². The quantitative estimate of drug-likeness (QED) is 0.322. The molecule has 7 nitrogen and oxygen atoms in total. The molecule has 0 spiro atoms. The van der Waals surface area contributed by atoms with Crippen molar-refractivity contribution in [2.24, 2.45) is 5.41 Å². The Kier molecular flexibility index (Phi) is 9.47. The fourth-order valence-electron chi connectivity index (χ4n) is 3.49. The summed E-state index contributed by atoms with van der Waals surface area (Å²) in [7, 11) is 4.66. The molecule has 3 rings (SSSR count). The van der Waals surface area contributed by atoms with E-state index in [1.54, 1.807) is 39.2 Å². The van der Waals surface area contributed by atoms with Crippen molar-refractivity contribution in [1.29, 1.82) is 0 Å². The van der Waals surface area contributed by atoms with Crippen LogP contribution in [0.1, 0.15) is 42.3 Å². The summed E-state index contributed by atoms with van der Waals surface area (Å²) in [6.45, 7) is 5.96. The number of carbonyl (C=O) groups is 2. The number of thioether (sulfide) groups is 1. The lowest BCUT2D eigenvalue weighted by atomic mass is 9.95. The van der Waals surface area contributed by atoms with Gasteiger partial charge in [-0.1, -0.05) is 45.0 Å². The van der Waals surface area contributed by atoms with Crippen LogP contribution in [0.25, 0.3) is 0 Å². The van der Waals surface area contributed by atoms with Crippen molar-refractivity contribution >= 4 is 29.3 Å². The van der Waals surface area contributed by atoms with Crippen LogP contribution in [0.4, 0.5) is 5.69 Å². The fourth-order valence-corrected chi connectivity index (χ4v) is 4.44. The largest absolute Gasteiger partial charge is 0.493 e. The van der Waals surface area contributed by atoms with Crippen molar-refractivity contribution in [3.05, 3.63) is 77.4 Å². The van der Waals surface area contributed by atoms with E-state index in [4.69, 9.17) is 14.2 Å². The molecule has 0 saturated carbocycles. The summed E-state index contributed by atoms with van der Waals surface area (Å²) in [4.78, 5) is 26.3. The smallest absolute Gasteiger partial charge is 0.251 e. The van der Waals surface area contributed by atoms with E-state index in [0.29, 0.717) is 35.1 Å². The Hall–Kier alpha value is -3.65. The number of carbonyl (C=O) groups excluding carboxylic acids is 2. The minimum absolute atomic E-state index is 0.0358. The molecule has 0 aromatic heterocycles. The van der Waals surface area contributed by atoms with Crippen molar-refractivity contribution in [2.45, 2.75) is 38.0 Å². The predicted molar refractivity (Wildman–Crippen MR) is 148 cm³/mol. The minimum Gasteiger partial charge on any atom is -0.493 e. The summed E-state index contributed by atoms with van der Waals surface area (Å²) in [5, 5.41) is 5.98. The van der Waals surface area contributed by atoms with Gasteiger partial charge in [-0.15, -0.1) is 11.8 Å². The monoisotopic (exact) mass is 522 g/mol. The molecular formula is C29H34N2O5S. The molecule has 0 saturated heterocycles. The molecule has 196 valence electrons. The zero-order valence-corrected chi connectivity index (χ0v) is 23.0. The summed E-state index contributed by atoms with van der Waals surface area (Å²) in [6, 6.07) is 18.9. The summed E-state index contributed by atoms with van der Waals surface area (Å²) in [6.07, 6.45) is 0. The second-order valence-electron chi connectivity index (χ2n) is 9.41. The van der Waals surface area contributed by atoms with E-state index in [9.17, 15) is 9.59 Å². The van der Waals surface area contributed by atoms with Gasteiger partial charge in [-0.3, -0.25) is 9.59 Å². The summed E-state index contributed by atoms with van der Waals surface area (Å²) >= 11 is 1.61. The third kappa shape index (κ3) is 7.43. The normalized spacial score (nSPS) is 11.0. The van der Waals surface area contributed by atoms with E-state index in [0.717, 1.165) is 21.7 Å². The van der Waals surface area contributed by atoms with Crippen LogP contribution in [0.2, 0.25) is 0 Å². The van der Waals surface area contributed by atoms with Gasteiger partial charge in [0.1, 0.15) is 0 Å². The van der Waals surface area contributed by atoms with E-state index in [1.807, 2.05) is 75.4 Å². The lowest BCUT2D eigenvalue weighted by Gasteiger charge is -2.19. The predicted octanol–water partition coefficient (Wildman–Crippen LogP) is 5.92. The molecular weight excluding hydrogens is 488 g/mol. The first-order chi connectivity index (χ1) is 17.7. The van der Waals surface area contributed by atoms with Crippen LogP contribution >= 0.6 is 11.8 Å². The molecule has 37 heavy (non-hydrogen) atoms. The number of ether oxygens (including phenoxy) is 3. The van der Waals surface area contributed by atoms with E-state index in [2.05, 4.69) is 10.6 Å².